The normalized spacial score (nSPS) is 38.5. The van der Waals surface area contributed by atoms with Crippen LogP contribution >= 0.6 is 0 Å². The molecule has 19 heavy (non-hydrogen) atoms. The molecule has 3 nitrogen and oxygen atoms in total. The summed E-state index contributed by atoms with van der Waals surface area (Å²) in [6.45, 7) is 9.87. The van der Waals surface area contributed by atoms with E-state index in [1.54, 1.807) is 0 Å². The summed E-state index contributed by atoms with van der Waals surface area (Å²) in [5.41, 5.74) is 6.76. The molecule has 3 rings (SSSR count). The van der Waals surface area contributed by atoms with Gasteiger partial charge in [-0.3, -0.25) is 4.90 Å². The van der Waals surface area contributed by atoms with Crippen molar-refractivity contribution in [2.45, 2.75) is 51.0 Å². The van der Waals surface area contributed by atoms with Crippen LogP contribution in [0, 0.1) is 11.8 Å². The molecule has 0 aromatic rings. The first-order chi connectivity index (χ1) is 9.13. The first kappa shape index (κ1) is 13.8. The van der Waals surface area contributed by atoms with Crippen molar-refractivity contribution in [1.82, 2.24) is 9.80 Å². The van der Waals surface area contributed by atoms with Gasteiger partial charge in [-0.1, -0.05) is 19.8 Å². The summed E-state index contributed by atoms with van der Waals surface area (Å²) < 4.78 is 0. The van der Waals surface area contributed by atoms with E-state index in [0.717, 1.165) is 18.4 Å². The van der Waals surface area contributed by atoms with Crippen LogP contribution in [0.4, 0.5) is 0 Å². The van der Waals surface area contributed by atoms with Gasteiger partial charge in [0, 0.05) is 44.8 Å². The Balaban J connectivity index is 1.43. The fraction of sp³-hybridized carbons (Fsp3) is 1.00. The molecule has 2 saturated carbocycles. The predicted octanol–water partition coefficient (Wildman–Crippen LogP) is 1.92. The lowest BCUT2D eigenvalue weighted by atomic mass is 9.76. The van der Waals surface area contributed by atoms with Gasteiger partial charge in [-0.2, -0.15) is 0 Å². The van der Waals surface area contributed by atoms with Crippen LogP contribution in [0.25, 0.3) is 0 Å². The molecule has 1 saturated heterocycles. The highest BCUT2D eigenvalue weighted by molar-refractivity contribution is 4.93. The van der Waals surface area contributed by atoms with E-state index in [1.807, 2.05) is 0 Å². The molecule has 3 aliphatic rings. The van der Waals surface area contributed by atoms with E-state index in [9.17, 15) is 0 Å². The first-order valence-corrected chi connectivity index (χ1v) is 8.37. The molecule has 0 spiro atoms. The van der Waals surface area contributed by atoms with E-state index < -0.39 is 0 Å². The smallest absolute Gasteiger partial charge is 0.0285 e. The molecule has 1 aliphatic heterocycles. The van der Waals surface area contributed by atoms with E-state index >= 15 is 0 Å². The number of hydrogen-bond acceptors (Lipinski definition) is 3. The van der Waals surface area contributed by atoms with Gasteiger partial charge >= 0.3 is 0 Å². The molecule has 1 heterocycles. The summed E-state index contributed by atoms with van der Waals surface area (Å²) in [6.07, 6.45) is 8.14. The van der Waals surface area contributed by atoms with Gasteiger partial charge in [0.2, 0.25) is 0 Å². The van der Waals surface area contributed by atoms with Gasteiger partial charge in [0.05, 0.1) is 0 Å². The van der Waals surface area contributed by atoms with Gasteiger partial charge in [0.15, 0.2) is 0 Å². The summed E-state index contributed by atoms with van der Waals surface area (Å²) in [7, 11) is 0. The molecule has 2 atom stereocenters. The lowest BCUT2D eigenvalue weighted by Crippen LogP contribution is -2.57. The van der Waals surface area contributed by atoms with E-state index in [-0.39, 0.29) is 5.54 Å². The summed E-state index contributed by atoms with van der Waals surface area (Å²) >= 11 is 0. The standard InChI is InChI=1S/C16H31N3/c1-14-3-2-6-16(17,11-14)13-19-9-7-18(8-10-19)12-15-4-5-15/h14-15H,2-13,17H2,1H3. The molecular weight excluding hydrogens is 234 g/mol. The van der Waals surface area contributed by atoms with Crippen molar-refractivity contribution < 1.29 is 0 Å². The Morgan fingerprint density at radius 1 is 1.05 bits per heavy atom. The Labute approximate surface area is 118 Å². The molecule has 2 N–H and O–H groups in total. The summed E-state index contributed by atoms with van der Waals surface area (Å²) in [4.78, 5) is 5.29. The Hall–Kier alpha value is -0.120. The molecule has 0 bridgehead atoms. The minimum atomic E-state index is 0.107. The zero-order chi connectivity index (χ0) is 13.3. The average Bonchev–Trinajstić information content (AvgIpc) is 3.15. The molecule has 2 unspecified atom stereocenters. The van der Waals surface area contributed by atoms with Crippen molar-refractivity contribution in [3.63, 3.8) is 0 Å². The van der Waals surface area contributed by atoms with Gasteiger partial charge < -0.3 is 10.6 Å². The molecule has 0 radical (unpaired) electrons. The summed E-state index contributed by atoms with van der Waals surface area (Å²) in [5.74, 6) is 1.86. The number of hydrogen-bond donors (Lipinski definition) is 1. The van der Waals surface area contributed by atoms with Crippen LogP contribution in [0.2, 0.25) is 0 Å². The molecule has 0 aromatic heterocycles. The third-order valence-electron chi connectivity index (χ3n) is 5.34. The van der Waals surface area contributed by atoms with Gasteiger partial charge in [0.1, 0.15) is 0 Å². The lowest BCUT2D eigenvalue weighted by Gasteiger charge is -2.43. The Kier molecular flexibility index (Phi) is 4.16. The van der Waals surface area contributed by atoms with E-state index in [2.05, 4.69) is 16.7 Å². The summed E-state index contributed by atoms with van der Waals surface area (Å²) in [5, 5.41) is 0. The van der Waals surface area contributed by atoms with Crippen LogP contribution in [0.3, 0.4) is 0 Å². The fourth-order valence-electron chi connectivity index (χ4n) is 4.09. The zero-order valence-corrected chi connectivity index (χ0v) is 12.6. The van der Waals surface area contributed by atoms with Crippen LogP contribution in [0.15, 0.2) is 0 Å². The molecule has 110 valence electrons. The van der Waals surface area contributed by atoms with Crippen molar-refractivity contribution in [2.75, 3.05) is 39.3 Å². The van der Waals surface area contributed by atoms with Gasteiger partial charge in [-0.05, 0) is 37.5 Å². The zero-order valence-electron chi connectivity index (χ0n) is 12.6. The van der Waals surface area contributed by atoms with Crippen molar-refractivity contribution in [3.05, 3.63) is 0 Å². The minimum absolute atomic E-state index is 0.107. The predicted molar refractivity (Wildman–Crippen MR) is 80.2 cm³/mol. The second kappa shape index (κ2) is 5.71. The maximum atomic E-state index is 6.65. The van der Waals surface area contributed by atoms with E-state index in [0.29, 0.717) is 0 Å². The maximum absolute atomic E-state index is 6.65. The largest absolute Gasteiger partial charge is 0.324 e. The highest BCUT2D eigenvalue weighted by Gasteiger charge is 2.34. The number of rotatable bonds is 4. The molecule has 0 amide bonds. The minimum Gasteiger partial charge on any atom is -0.324 e. The Morgan fingerprint density at radius 2 is 1.74 bits per heavy atom. The molecule has 2 aliphatic carbocycles. The third-order valence-corrected chi connectivity index (χ3v) is 5.34. The van der Waals surface area contributed by atoms with E-state index in [1.165, 1.54) is 71.2 Å². The molecular formula is C16H31N3. The lowest BCUT2D eigenvalue weighted by molar-refractivity contribution is 0.0890. The Morgan fingerprint density at radius 3 is 2.37 bits per heavy atom. The first-order valence-electron chi connectivity index (χ1n) is 8.37. The number of piperazine rings is 1. The number of nitrogens with zero attached hydrogens (tertiary/aromatic N) is 2. The summed E-state index contributed by atoms with van der Waals surface area (Å²) in [6, 6.07) is 0. The molecule has 3 heteroatoms. The van der Waals surface area contributed by atoms with Gasteiger partial charge in [0.25, 0.3) is 0 Å². The average molecular weight is 265 g/mol. The van der Waals surface area contributed by atoms with Crippen molar-refractivity contribution in [3.8, 4) is 0 Å². The molecule has 3 fully saturated rings. The van der Waals surface area contributed by atoms with Crippen LogP contribution < -0.4 is 5.73 Å². The highest BCUT2D eigenvalue weighted by Crippen LogP contribution is 2.32. The quantitative estimate of drug-likeness (QED) is 0.843. The van der Waals surface area contributed by atoms with Crippen LogP contribution in [-0.2, 0) is 0 Å². The number of nitrogens with two attached hydrogens (primary N) is 1. The fourth-order valence-corrected chi connectivity index (χ4v) is 4.09. The van der Waals surface area contributed by atoms with E-state index in [4.69, 9.17) is 5.73 Å². The second-order valence-corrected chi connectivity index (χ2v) is 7.58. The van der Waals surface area contributed by atoms with Gasteiger partial charge in [-0.25, -0.2) is 0 Å². The SMILES string of the molecule is CC1CCCC(N)(CN2CCN(CC3CC3)CC2)C1. The van der Waals surface area contributed by atoms with Crippen molar-refractivity contribution in [2.24, 2.45) is 17.6 Å². The maximum Gasteiger partial charge on any atom is 0.0285 e. The van der Waals surface area contributed by atoms with Crippen molar-refractivity contribution >= 4 is 0 Å². The third kappa shape index (κ3) is 3.93. The monoisotopic (exact) mass is 265 g/mol. The molecule has 0 aromatic carbocycles. The van der Waals surface area contributed by atoms with Crippen LogP contribution in [-0.4, -0.2) is 54.6 Å². The van der Waals surface area contributed by atoms with Gasteiger partial charge in [-0.15, -0.1) is 0 Å². The van der Waals surface area contributed by atoms with Crippen LogP contribution in [0.5, 0.6) is 0 Å². The Bertz CT molecular complexity index is 294. The highest BCUT2D eigenvalue weighted by atomic mass is 15.3. The van der Waals surface area contributed by atoms with Crippen molar-refractivity contribution in [1.29, 1.82) is 0 Å². The topological polar surface area (TPSA) is 32.5 Å². The van der Waals surface area contributed by atoms with Crippen LogP contribution in [0.1, 0.15) is 45.4 Å². The second-order valence-electron chi connectivity index (χ2n) is 7.58.